The Labute approximate surface area is 135 Å². The van der Waals surface area contributed by atoms with Gasteiger partial charge in [0.15, 0.2) is 0 Å². The predicted molar refractivity (Wildman–Crippen MR) is 85.9 cm³/mol. The molecular weight excluding hydrogens is 360 g/mol. The maximum absolute atomic E-state index is 6.14. The molecule has 0 fully saturated rings. The molecule has 0 unspecified atom stereocenters. The molecule has 0 amide bonds. The first-order valence-electron chi connectivity index (χ1n) is 6.20. The maximum Gasteiger partial charge on any atom is 0.323 e. The van der Waals surface area contributed by atoms with Crippen LogP contribution in [0.2, 0.25) is 5.02 Å². The number of nitrogen functional groups attached to an aromatic ring is 1. The molecule has 1 aromatic heterocycles. The van der Waals surface area contributed by atoms with Gasteiger partial charge in [-0.1, -0.05) is 34.5 Å². The summed E-state index contributed by atoms with van der Waals surface area (Å²) in [5.41, 5.74) is 3.03. The van der Waals surface area contributed by atoms with E-state index in [1.807, 2.05) is 13.0 Å². The van der Waals surface area contributed by atoms with Gasteiger partial charge in [-0.2, -0.15) is 15.0 Å². The number of nitrogens with two attached hydrogens (primary N) is 1. The van der Waals surface area contributed by atoms with Crippen molar-refractivity contribution in [2.75, 3.05) is 17.3 Å². The van der Waals surface area contributed by atoms with E-state index >= 15 is 0 Å². The molecular formula is C12H14BrClN6O. The van der Waals surface area contributed by atoms with E-state index in [1.54, 1.807) is 12.1 Å². The first kappa shape index (κ1) is 15.7. The molecule has 0 bridgehead atoms. The van der Waals surface area contributed by atoms with Crippen LogP contribution < -0.4 is 21.3 Å². The number of hydrogen-bond donors (Lipinski definition) is 3. The first-order valence-corrected chi connectivity index (χ1v) is 7.37. The molecule has 1 heterocycles. The molecule has 0 saturated heterocycles. The van der Waals surface area contributed by atoms with E-state index in [1.165, 1.54) is 0 Å². The van der Waals surface area contributed by atoms with Gasteiger partial charge in [0.25, 0.3) is 0 Å². The van der Waals surface area contributed by atoms with Gasteiger partial charge in [-0.25, -0.2) is 5.84 Å². The normalized spacial score (nSPS) is 10.3. The molecule has 0 atom stereocenters. The zero-order valence-electron chi connectivity index (χ0n) is 11.2. The minimum absolute atomic E-state index is 0.190. The van der Waals surface area contributed by atoms with Crippen molar-refractivity contribution in [1.29, 1.82) is 0 Å². The highest BCUT2D eigenvalue weighted by Crippen LogP contribution is 2.27. The zero-order chi connectivity index (χ0) is 15.2. The SMILES string of the molecule is CCCOc1nc(NN)nc(Nc2ccc(Br)cc2Cl)n1. The third kappa shape index (κ3) is 4.42. The topological polar surface area (TPSA) is 98.0 Å². The van der Waals surface area contributed by atoms with E-state index in [4.69, 9.17) is 22.2 Å². The Morgan fingerprint density at radius 1 is 1.29 bits per heavy atom. The second kappa shape index (κ2) is 7.39. The van der Waals surface area contributed by atoms with Crippen LogP contribution in [0.1, 0.15) is 13.3 Å². The third-order valence-electron chi connectivity index (χ3n) is 2.36. The lowest BCUT2D eigenvalue weighted by Gasteiger charge is -2.10. The van der Waals surface area contributed by atoms with E-state index in [9.17, 15) is 0 Å². The fourth-order valence-corrected chi connectivity index (χ4v) is 2.17. The molecule has 21 heavy (non-hydrogen) atoms. The first-order chi connectivity index (χ1) is 10.1. The van der Waals surface area contributed by atoms with Gasteiger partial charge in [0, 0.05) is 4.47 Å². The highest BCUT2D eigenvalue weighted by Gasteiger charge is 2.09. The Balaban J connectivity index is 2.25. The number of ether oxygens (including phenoxy) is 1. The predicted octanol–water partition coefficient (Wildman–Crippen LogP) is 3.11. The van der Waals surface area contributed by atoms with Gasteiger partial charge in [0.05, 0.1) is 17.3 Å². The van der Waals surface area contributed by atoms with Gasteiger partial charge in [0.2, 0.25) is 11.9 Å². The molecule has 112 valence electrons. The van der Waals surface area contributed by atoms with Gasteiger partial charge in [-0.15, -0.1) is 0 Å². The molecule has 0 spiro atoms. The molecule has 1 aromatic carbocycles. The van der Waals surface area contributed by atoms with Crippen molar-refractivity contribution < 1.29 is 4.74 Å². The molecule has 9 heteroatoms. The fraction of sp³-hybridized carbons (Fsp3) is 0.250. The number of rotatable bonds is 6. The largest absolute Gasteiger partial charge is 0.463 e. The van der Waals surface area contributed by atoms with Crippen molar-refractivity contribution in [3.63, 3.8) is 0 Å². The van der Waals surface area contributed by atoms with Gasteiger partial charge in [-0.05, 0) is 24.6 Å². The quantitative estimate of drug-likeness (QED) is 0.528. The van der Waals surface area contributed by atoms with E-state index in [0.717, 1.165) is 10.9 Å². The molecule has 0 aliphatic rings. The standard InChI is InChI=1S/C12H14BrClN6O/c1-2-5-21-12-18-10(17-11(19-12)20-15)16-9-4-3-7(13)6-8(9)14/h3-4,6H,2,5,15H2,1H3,(H2,16,17,18,19,20). The summed E-state index contributed by atoms with van der Waals surface area (Å²) in [6, 6.07) is 5.61. The number of benzene rings is 1. The maximum atomic E-state index is 6.14. The van der Waals surface area contributed by atoms with Crippen LogP contribution in [0, 0.1) is 0 Å². The Morgan fingerprint density at radius 2 is 2.05 bits per heavy atom. The van der Waals surface area contributed by atoms with Crippen molar-refractivity contribution in [1.82, 2.24) is 15.0 Å². The van der Waals surface area contributed by atoms with Crippen LogP contribution in [0.15, 0.2) is 22.7 Å². The molecule has 4 N–H and O–H groups in total. The van der Waals surface area contributed by atoms with E-state index < -0.39 is 0 Å². The summed E-state index contributed by atoms with van der Waals surface area (Å²) in [6.07, 6.45) is 0.846. The number of nitrogens with one attached hydrogen (secondary N) is 2. The number of nitrogens with zero attached hydrogens (tertiary/aromatic N) is 3. The molecule has 7 nitrogen and oxygen atoms in total. The van der Waals surface area contributed by atoms with Crippen LogP contribution in [-0.4, -0.2) is 21.6 Å². The summed E-state index contributed by atoms with van der Waals surface area (Å²) >= 11 is 9.49. The zero-order valence-corrected chi connectivity index (χ0v) is 13.6. The van der Waals surface area contributed by atoms with Crippen LogP contribution in [0.5, 0.6) is 6.01 Å². The van der Waals surface area contributed by atoms with Crippen LogP contribution >= 0.6 is 27.5 Å². The Kier molecular flexibility index (Phi) is 5.54. The Hall–Kier alpha value is -1.64. The molecule has 0 radical (unpaired) electrons. The summed E-state index contributed by atoms with van der Waals surface area (Å²) in [7, 11) is 0. The minimum atomic E-state index is 0.190. The number of hydrogen-bond acceptors (Lipinski definition) is 7. The van der Waals surface area contributed by atoms with Crippen LogP contribution in [-0.2, 0) is 0 Å². The van der Waals surface area contributed by atoms with Crippen LogP contribution in [0.25, 0.3) is 0 Å². The number of hydrazine groups is 1. The summed E-state index contributed by atoms with van der Waals surface area (Å²) in [4.78, 5) is 12.3. The fourth-order valence-electron chi connectivity index (χ4n) is 1.45. The van der Waals surface area contributed by atoms with Crippen molar-refractivity contribution in [3.05, 3.63) is 27.7 Å². The number of halogens is 2. The minimum Gasteiger partial charge on any atom is -0.463 e. The molecule has 0 aliphatic heterocycles. The summed E-state index contributed by atoms with van der Waals surface area (Å²) in [5.74, 6) is 5.83. The summed E-state index contributed by atoms with van der Waals surface area (Å²) in [6.45, 7) is 2.50. The van der Waals surface area contributed by atoms with E-state index in [2.05, 4.69) is 41.6 Å². The van der Waals surface area contributed by atoms with Gasteiger partial charge in [0.1, 0.15) is 0 Å². The second-order valence-corrected chi connectivity index (χ2v) is 5.33. The Morgan fingerprint density at radius 3 is 2.71 bits per heavy atom. The third-order valence-corrected chi connectivity index (χ3v) is 3.16. The lowest BCUT2D eigenvalue weighted by Crippen LogP contribution is -2.14. The van der Waals surface area contributed by atoms with Crippen molar-refractivity contribution >= 4 is 45.1 Å². The van der Waals surface area contributed by atoms with Crippen molar-refractivity contribution in [2.45, 2.75) is 13.3 Å². The molecule has 2 rings (SSSR count). The van der Waals surface area contributed by atoms with Crippen LogP contribution in [0.3, 0.4) is 0 Å². The van der Waals surface area contributed by atoms with Gasteiger partial charge < -0.3 is 10.1 Å². The average molecular weight is 374 g/mol. The van der Waals surface area contributed by atoms with Crippen molar-refractivity contribution in [3.8, 4) is 6.01 Å². The van der Waals surface area contributed by atoms with E-state index in [-0.39, 0.29) is 17.9 Å². The summed E-state index contributed by atoms with van der Waals surface area (Å²) in [5, 5.41) is 3.53. The second-order valence-electron chi connectivity index (χ2n) is 4.01. The van der Waals surface area contributed by atoms with E-state index in [0.29, 0.717) is 17.3 Å². The average Bonchev–Trinajstić information content (AvgIpc) is 2.48. The molecule has 0 aliphatic carbocycles. The van der Waals surface area contributed by atoms with Gasteiger partial charge in [-0.3, -0.25) is 5.43 Å². The lowest BCUT2D eigenvalue weighted by atomic mass is 10.3. The van der Waals surface area contributed by atoms with Gasteiger partial charge >= 0.3 is 6.01 Å². The molecule has 0 saturated carbocycles. The highest BCUT2D eigenvalue weighted by atomic mass is 79.9. The number of anilines is 3. The summed E-state index contributed by atoms with van der Waals surface area (Å²) < 4.78 is 6.27. The monoisotopic (exact) mass is 372 g/mol. The molecule has 2 aromatic rings. The van der Waals surface area contributed by atoms with Crippen LogP contribution in [0.4, 0.5) is 17.6 Å². The number of aromatic nitrogens is 3. The highest BCUT2D eigenvalue weighted by molar-refractivity contribution is 9.10. The Bertz CT molecular complexity index is 627. The van der Waals surface area contributed by atoms with Crippen molar-refractivity contribution in [2.24, 2.45) is 5.84 Å². The lowest BCUT2D eigenvalue weighted by molar-refractivity contribution is 0.292. The smallest absolute Gasteiger partial charge is 0.323 e.